The summed E-state index contributed by atoms with van der Waals surface area (Å²) in [7, 11) is 0. The molecule has 0 aromatic heterocycles. The first-order valence-corrected chi connectivity index (χ1v) is 8.90. The molecule has 1 atom stereocenters. The molecule has 0 heterocycles. The molecule has 3 rings (SSSR count). The highest BCUT2D eigenvalue weighted by molar-refractivity contribution is 5.85. The molecular formula is C20H26N2O2. The van der Waals surface area contributed by atoms with Crippen molar-refractivity contribution in [1.29, 1.82) is 0 Å². The molecular weight excluding hydrogens is 300 g/mol. The number of rotatable bonds is 5. The Kier molecular flexibility index (Phi) is 5.24. The summed E-state index contributed by atoms with van der Waals surface area (Å²) < 4.78 is 5.57. The van der Waals surface area contributed by atoms with Gasteiger partial charge in [0.15, 0.2) is 0 Å². The van der Waals surface area contributed by atoms with Gasteiger partial charge in [-0.2, -0.15) is 0 Å². The molecule has 4 heteroatoms. The number of nitrogens with two attached hydrogens (primary N) is 1. The van der Waals surface area contributed by atoms with Gasteiger partial charge in [0.2, 0.25) is 0 Å². The Hall–Kier alpha value is -2.23. The third kappa shape index (κ3) is 3.81. The second-order valence-electron chi connectivity index (χ2n) is 6.59. The van der Waals surface area contributed by atoms with Gasteiger partial charge in [0.05, 0.1) is 12.6 Å². The van der Waals surface area contributed by atoms with Crippen LogP contribution in [0.3, 0.4) is 0 Å². The van der Waals surface area contributed by atoms with Gasteiger partial charge >= 0.3 is 6.03 Å². The fourth-order valence-electron chi connectivity index (χ4n) is 3.79. The highest BCUT2D eigenvalue weighted by Gasteiger charge is 2.26. The maximum absolute atomic E-state index is 11.5. The summed E-state index contributed by atoms with van der Waals surface area (Å²) in [6, 6.07) is 12.0. The summed E-state index contributed by atoms with van der Waals surface area (Å²) in [6.07, 6.45) is 6.04. The highest BCUT2D eigenvalue weighted by Crippen LogP contribution is 2.35. The number of hydrogen-bond donors (Lipinski definition) is 2. The van der Waals surface area contributed by atoms with Crippen molar-refractivity contribution in [2.24, 2.45) is 11.7 Å². The second kappa shape index (κ2) is 7.56. The van der Waals surface area contributed by atoms with Gasteiger partial charge in [-0.15, -0.1) is 0 Å². The summed E-state index contributed by atoms with van der Waals surface area (Å²) in [5, 5.41) is 5.28. The van der Waals surface area contributed by atoms with Crippen LogP contribution in [0, 0.1) is 5.92 Å². The molecule has 0 bridgehead atoms. The molecule has 1 fully saturated rings. The molecule has 128 valence electrons. The van der Waals surface area contributed by atoms with Crippen LogP contribution in [-0.2, 0) is 0 Å². The molecule has 3 N–H and O–H groups in total. The number of carbonyl (C=O) groups excluding carboxylic acids is 1. The molecule has 2 aromatic rings. The number of nitrogens with one attached hydrogen (secondary N) is 1. The van der Waals surface area contributed by atoms with E-state index < -0.39 is 6.03 Å². The van der Waals surface area contributed by atoms with Gasteiger partial charge in [-0.1, -0.05) is 37.5 Å². The van der Waals surface area contributed by atoms with Crippen molar-refractivity contribution >= 4 is 16.8 Å². The quantitative estimate of drug-likeness (QED) is 0.848. The van der Waals surface area contributed by atoms with Gasteiger partial charge in [-0.05, 0) is 60.2 Å². The van der Waals surface area contributed by atoms with E-state index in [2.05, 4.69) is 35.6 Å². The lowest BCUT2D eigenvalue weighted by atomic mass is 9.81. The Morgan fingerprint density at radius 2 is 1.88 bits per heavy atom. The normalized spacial score (nSPS) is 16.7. The van der Waals surface area contributed by atoms with Crippen LogP contribution >= 0.6 is 0 Å². The van der Waals surface area contributed by atoms with E-state index in [1.165, 1.54) is 19.3 Å². The number of carbonyl (C=O) groups is 1. The van der Waals surface area contributed by atoms with Crippen molar-refractivity contribution < 1.29 is 9.53 Å². The number of amides is 2. The lowest BCUT2D eigenvalue weighted by Gasteiger charge is -2.31. The van der Waals surface area contributed by atoms with Gasteiger partial charge in [0.25, 0.3) is 0 Å². The first-order chi connectivity index (χ1) is 11.7. The minimum Gasteiger partial charge on any atom is -0.494 e. The van der Waals surface area contributed by atoms with E-state index in [1.54, 1.807) is 0 Å². The zero-order chi connectivity index (χ0) is 16.9. The zero-order valence-corrected chi connectivity index (χ0v) is 14.3. The number of primary amides is 1. The Morgan fingerprint density at radius 3 is 2.58 bits per heavy atom. The van der Waals surface area contributed by atoms with E-state index in [1.807, 2.05) is 13.0 Å². The summed E-state index contributed by atoms with van der Waals surface area (Å²) in [4.78, 5) is 11.5. The fourth-order valence-corrected chi connectivity index (χ4v) is 3.79. The van der Waals surface area contributed by atoms with Crippen molar-refractivity contribution in [1.82, 2.24) is 5.32 Å². The molecule has 0 aliphatic heterocycles. The Bertz CT molecular complexity index is 708. The molecule has 24 heavy (non-hydrogen) atoms. The Balaban J connectivity index is 1.91. The second-order valence-corrected chi connectivity index (χ2v) is 6.59. The predicted octanol–water partition coefficient (Wildman–Crippen LogP) is 4.53. The van der Waals surface area contributed by atoms with Crippen LogP contribution < -0.4 is 15.8 Å². The van der Waals surface area contributed by atoms with Crippen LogP contribution in [0.4, 0.5) is 4.79 Å². The summed E-state index contributed by atoms with van der Waals surface area (Å²) >= 11 is 0. The van der Waals surface area contributed by atoms with E-state index in [4.69, 9.17) is 10.5 Å². The largest absolute Gasteiger partial charge is 0.494 e. The average molecular weight is 326 g/mol. The Morgan fingerprint density at radius 1 is 1.17 bits per heavy atom. The zero-order valence-electron chi connectivity index (χ0n) is 14.3. The van der Waals surface area contributed by atoms with Crippen LogP contribution in [0.5, 0.6) is 5.75 Å². The molecule has 0 saturated heterocycles. The maximum atomic E-state index is 11.5. The van der Waals surface area contributed by atoms with Crippen LogP contribution in [0.1, 0.15) is 50.6 Å². The number of fused-ring (bicyclic) bond motifs is 1. The van der Waals surface area contributed by atoms with Gasteiger partial charge in [0, 0.05) is 0 Å². The molecule has 2 aromatic carbocycles. The number of benzene rings is 2. The number of urea groups is 1. The molecule has 0 radical (unpaired) electrons. The minimum absolute atomic E-state index is 0.00114. The molecule has 1 aliphatic carbocycles. The standard InChI is InChI=1S/C20H26N2O2/c1-2-24-18-11-10-15-12-17(9-8-16(15)13-18)19(22-20(21)23)14-6-4-3-5-7-14/h8-14,19H,2-7H2,1H3,(H3,21,22,23). The molecule has 2 amide bonds. The van der Waals surface area contributed by atoms with Gasteiger partial charge in [-0.25, -0.2) is 4.79 Å². The van der Waals surface area contributed by atoms with E-state index in [-0.39, 0.29) is 6.04 Å². The lowest BCUT2D eigenvalue weighted by Crippen LogP contribution is -2.37. The van der Waals surface area contributed by atoms with Crippen molar-refractivity contribution in [3.63, 3.8) is 0 Å². The maximum Gasteiger partial charge on any atom is 0.312 e. The first kappa shape index (κ1) is 16.6. The molecule has 0 spiro atoms. The number of ether oxygens (including phenoxy) is 1. The van der Waals surface area contributed by atoms with Crippen molar-refractivity contribution in [2.45, 2.75) is 45.1 Å². The smallest absolute Gasteiger partial charge is 0.312 e. The topological polar surface area (TPSA) is 64.3 Å². The van der Waals surface area contributed by atoms with Crippen molar-refractivity contribution in [2.75, 3.05) is 6.61 Å². The number of hydrogen-bond acceptors (Lipinski definition) is 2. The van der Waals surface area contributed by atoms with E-state index in [0.29, 0.717) is 12.5 Å². The van der Waals surface area contributed by atoms with Crippen molar-refractivity contribution in [3.8, 4) is 5.75 Å². The highest BCUT2D eigenvalue weighted by atomic mass is 16.5. The predicted molar refractivity (Wildman–Crippen MR) is 97.2 cm³/mol. The van der Waals surface area contributed by atoms with Crippen LogP contribution in [-0.4, -0.2) is 12.6 Å². The minimum atomic E-state index is -0.447. The Labute approximate surface area is 143 Å². The van der Waals surface area contributed by atoms with Crippen molar-refractivity contribution in [3.05, 3.63) is 42.0 Å². The van der Waals surface area contributed by atoms with Gasteiger partial charge in [-0.3, -0.25) is 0 Å². The summed E-state index contributed by atoms with van der Waals surface area (Å²) in [5.41, 5.74) is 6.57. The van der Waals surface area contributed by atoms with Gasteiger partial charge < -0.3 is 15.8 Å². The monoisotopic (exact) mass is 326 g/mol. The van der Waals surface area contributed by atoms with Crippen LogP contribution in [0.25, 0.3) is 10.8 Å². The molecule has 1 unspecified atom stereocenters. The molecule has 4 nitrogen and oxygen atoms in total. The fraction of sp³-hybridized carbons (Fsp3) is 0.450. The van der Waals surface area contributed by atoms with E-state index in [0.717, 1.165) is 34.9 Å². The van der Waals surface area contributed by atoms with E-state index in [9.17, 15) is 4.79 Å². The van der Waals surface area contributed by atoms with E-state index >= 15 is 0 Å². The summed E-state index contributed by atoms with van der Waals surface area (Å²) in [6.45, 7) is 2.65. The van der Waals surface area contributed by atoms with Crippen LogP contribution in [0.2, 0.25) is 0 Å². The molecule has 1 saturated carbocycles. The average Bonchev–Trinajstić information content (AvgIpc) is 2.60. The molecule has 1 aliphatic rings. The third-order valence-electron chi connectivity index (χ3n) is 4.92. The lowest BCUT2D eigenvalue weighted by molar-refractivity contribution is 0.229. The van der Waals surface area contributed by atoms with Gasteiger partial charge in [0.1, 0.15) is 5.75 Å². The summed E-state index contributed by atoms with van der Waals surface area (Å²) in [5.74, 6) is 1.35. The van der Waals surface area contributed by atoms with Crippen LogP contribution in [0.15, 0.2) is 36.4 Å². The first-order valence-electron chi connectivity index (χ1n) is 8.90. The SMILES string of the molecule is CCOc1ccc2cc(C(NC(N)=O)C3CCCCC3)ccc2c1. The third-order valence-corrected chi connectivity index (χ3v) is 4.92.